The van der Waals surface area contributed by atoms with Crippen LogP contribution >= 0.6 is 11.6 Å². The van der Waals surface area contributed by atoms with Gasteiger partial charge in [-0.05, 0) is 72.0 Å². The molecule has 0 unspecified atom stereocenters. The van der Waals surface area contributed by atoms with E-state index >= 15 is 0 Å². The van der Waals surface area contributed by atoms with Crippen LogP contribution in [0.4, 0.5) is 5.69 Å². The second kappa shape index (κ2) is 10.6. The van der Waals surface area contributed by atoms with E-state index in [1.807, 2.05) is 42.5 Å². The molecule has 1 amide bonds. The average Bonchev–Trinajstić information content (AvgIpc) is 2.93. The lowest BCUT2D eigenvalue weighted by Gasteiger charge is -2.48. The van der Waals surface area contributed by atoms with Crippen molar-refractivity contribution in [3.05, 3.63) is 107 Å². The quantitative estimate of drug-likeness (QED) is 0.268. The zero-order valence-corrected chi connectivity index (χ0v) is 21.0. The van der Waals surface area contributed by atoms with E-state index in [2.05, 4.69) is 4.98 Å². The number of aliphatic hydroxyl groups excluding tert-OH is 1. The third kappa shape index (κ3) is 5.17. The fourth-order valence-electron chi connectivity index (χ4n) is 4.86. The molecule has 3 atom stereocenters. The fraction of sp³-hybridized carbons (Fsp3) is 0.200. The Hall–Kier alpha value is -3.87. The standard InChI is InChI=1S/C30H27ClN2O4/c1-37-26-16-22(17-32-18-26)19-4-10-24(11-5-19)33-29(21-6-12-25(34)13-7-21)27(30(33)36)14-15-28(35)20-2-8-23(31)9-3-20/h2-13,16-18,27-29,34-35H,14-15H2,1H3/t27-,28+,29-/m1/s1. The number of phenolic OH excluding ortho intramolecular Hbond substituents is 1. The molecule has 3 aromatic carbocycles. The summed E-state index contributed by atoms with van der Waals surface area (Å²) in [5, 5.41) is 21.1. The molecule has 0 radical (unpaired) electrons. The Morgan fingerprint density at radius 2 is 1.68 bits per heavy atom. The van der Waals surface area contributed by atoms with E-state index in [4.69, 9.17) is 16.3 Å². The summed E-state index contributed by atoms with van der Waals surface area (Å²) >= 11 is 5.97. The average molecular weight is 515 g/mol. The second-order valence-electron chi connectivity index (χ2n) is 9.16. The highest BCUT2D eigenvalue weighted by Gasteiger charge is 2.48. The van der Waals surface area contributed by atoms with E-state index in [9.17, 15) is 15.0 Å². The van der Waals surface area contributed by atoms with Gasteiger partial charge in [-0.2, -0.15) is 0 Å². The molecule has 0 bridgehead atoms. The van der Waals surface area contributed by atoms with Gasteiger partial charge in [0.1, 0.15) is 11.5 Å². The van der Waals surface area contributed by atoms with Gasteiger partial charge in [-0.1, -0.05) is 48.0 Å². The molecule has 4 aromatic rings. The molecule has 1 fully saturated rings. The number of carbonyl (C=O) groups excluding carboxylic acids is 1. The molecule has 2 N–H and O–H groups in total. The third-order valence-electron chi connectivity index (χ3n) is 6.88. The lowest BCUT2D eigenvalue weighted by molar-refractivity contribution is -0.131. The number of ether oxygens (including phenoxy) is 1. The number of aromatic nitrogens is 1. The summed E-state index contributed by atoms with van der Waals surface area (Å²) < 4.78 is 5.28. The number of phenols is 1. The first-order valence-electron chi connectivity index (χ1n) is 12.1. The number of carbonyl (C=O) groups is 1. The topological polar surface area (TPSA) is 82.9 Å². The van der Waals surface area contributed by atoms with E-state index in [0.717, 1.165) is 27.9 Å². The minimum atomic E-state index is -0.685. The number of halogens is 1. The smallest absolute Gasteiger partial charge is 0.233 e. The van der Waals surface area contributed by atoms with Gasteiger partial charge in [0.15, 0.2) is 0 Å². The maximum Gasteiger partial charge on any atom is 0.233 e. The molecule has 1 aliphatic rings. The van der Waals surface area contributed by atoms with Gasteiger partial charge in [0.05, 0.1) is 31.4 Å². The van der Waals surface area contributed by atoms with Crippen LogP contribution in [0.3, 0.4) is 0 Å². The second-order valence-corrected chi connectivity index (χ2v) is 9.59. The highest BCUT2D eigenvalue weighted by molar-refractivity contribution is 6.30. The molecule has 5 rings (SSSR count). The molecular formula is C30H27ClN2O4. The lowest BCUT2D eigenvalue weighted by Crippen LogP contribution is -2.55. The van der Waals surface area contributed by atoms with Crippen molar-refractivity contribution in [3.63, 3.8) is 0 Å². The third-order valence-corrected chi connectivity index (χ3v) is 7.13. The first-order valence-corrected chi connectivity index (χ1v) is 12.5. The van der Waals surface area contributed by atoms with Crippen LogP contribution in [0.5, 0.6) is 11.5 Å². The molecule has 6 nitrogen and oxygen atoms in total. The number of methoxy groups -OCH3 is 1. The van der Waals surface area contributed by atoms with E-state index in [0.29, 0.717) is 23.6 Å². The summed E-state index contributed by atoms with van der Waals surface area (Å²) in [6, 6.07) is 23.6. The van der Waals surface area contributed by atoms with Gasteiger partial charge in [-0.3, -0.25) is 9.78 Å². The summed E-state index contributed by atoms with van der Waals surface area (Å²) in [5.74, 6) is 0.577. The largest absolute Gasteiger partial charge is 0.508 e. The molecule has 7 heteroatoms. The van der Waals surface area contributed by atoms with Crippen LogP contribution in [0, 0.1) is 5.92 Å². The van der Waals surface area contributed by atoms with Crippen molar-refractivity contribution in [1.29, 1.82) is 0 Å². The Bertz CT molecular complexity index is 1370. The van der Waals surface area contributed by atoms with Crippen molar-refractivity contribution < 1.29 is 19.7 Å². The van der Waals surface area contributed by atoms with Crippen molar-refractivity contribution in [2.75, 3.05) is 12.0 Å². The van der Waals surface area contributed by atoms with Gasteiger partial charge in [0.2, 0.25) is 5.91 Å². The van der Waals surface area contributed by atoms with Crippen molar-refractivity contribution >= 4 is 23.2 Å². The number of benzene rings is 3. The van der Waals surface area contributed by atoms with Crippen LogP contribution in [0.15, 0.2) is 91.3 Å². The first kappa shape index (κ1) is 24.8. The SMILES string of the molecule is COc1cncc(-c2ccc(N3C(=O)[C@H](CC[C@H](O)c4ccc(Cl)cc4)[C@H]3c3ccc(O)cc3)cc2)c1. The molecule has 37 heavy (non-hydrogen) atoms. The van der Waals surface area contributed by atoms with Crippen LogP contribution in [-0.2, 0) is 4.79 Å². The van der Waals surface area contributed by atoms with E-state index < -0.39 is 6.10 Å². The molecule has 1 aliphatic heterocycles. The first-order chi connectivity index (χ1) is 17.9. The van der Waals surface area contributed by atoms with Crippen molar-refractivity contribution in [3.8, 4) is 22.6 Å². The number of amides is 1. The highest BCUT2D eigenvalue weighted by Crippen LogP contribution is 2.46. The molecule has 0 spiro atoms. The Labute approximate surface area is 220 Å². The van der Waals surface area contributed by atoms with Crippen LogP contribution in [0.2, 0.25) is 5.02 Å². The van der Waals surface area contributed by atoms with E-state index in [1.54, 1.807) is 60.8 Å². The maximum atomic E-state index is 13.4. The fourth-order valence-corrected chi connectivity index (χ4v) is 4.99. The minimum absolute atomic E-state index is 0.0113. The Morgan fingerprint density at radius 1 is 0.973 bits per heavy atom. The molecule has 0 aliphatic carbocycles. The minimum Gasteiger partial charge on any atom is -0.508 e. The number of hydrogen-bond donors (Lipinski definition) is 2. The molecule has 2 heterocycles. The van der Waals surface area contributed by atoms with Gasteiger partial charge in [0, 0.05) is 22.5 Å². The molecule has 1 saturated heterocycles. The molecule has 188 valence electrons. The van der Waals surface area contributed by atoms with Gasteiger partial charge < -0.3 is 19.8 Å². The van der Waals surface area contributed by atoms with Gasteiger partial charge in [-0.15, -0.1) is 0 Å². The number of nitrogens with zero attached hydrogens (tertiary/aromatic N) is 2. The number of hydrogen-bond acceptors (Lipinski definition) is 5. The molecule has 1 aromatic heterocycles. The van der Waals surface area contributed by atoms with Crippen molar-refractivity contribution in [2.45, 2.75) is 25.0 Å². The summed E-state index contributed by atoms with van der Waals surface area (Å²) in [6.45, 7) is 0. The Balaban J connectivity index is 1.37. The molecular weight excluding hydrogens is 488 g/mol. The lowest BCUT2D eigenvalue weighted by atomic mass is 9.78. The Morgan fingerprint density at radius 3 is 2.35 bits per heavy atom. The van der Waals surface area contributed by atoms with E-state index in [1.165, 1.54) is 0 Å². The number of β-lactam (4-membered cyclic amide) rings is 1. The number of aliphatic hydroxyl groups is 1. The Kier molecular flexibility index (Phi) is 7.12. The van der Waals surface area contributed by atoms with Crippen LogP contribution in [0.1, 0.15) is 36.1 Å². The summed E-state index contributed by atoms with van der Waals surface area (Å²) in [6.07, 6.45) is 3.71. The van der Waals surface area contributed by atoms with Gasteiger partial charge >= 0.3 is 0 Å². The number of aromatic hydroxyl groups is 1. The zero-order chi connectivity index (χ0) is 25.9. The van der Waals surface area contributed by atoms with Crippen molar-refractivity contribution in [2.24, 2.45) is 5.92 Å². The summed E-state index contributed by atoms with van der Waals surface area (Å²) in [4.78, 5) is 19.4. The highest BCUT2D eigenvalue weighted by atomic mass is 35.5. The number of rotatable bonds is 8. The molecule has 0 saturated carbocycles. The van der Waals surface area contributed by atoms with Gasteiger partial charge in [-0.25, -0.2) is 0 Å². The summed E-state index contributed by atoms with van der Waals surface area (Å²) in [7, 11) is 1.60. The number of anilines is 1. The predicted octanol–water partition coefficient (Wildman–Crippen LogP) is 6.33. The summed E-state index contributed by atoms with van der Waals surface area (Å²) in [5.41, 5.74) is 4.38. The van der Waals surface area contributed by atoms with Crippen LogP contribution in [0.25, 0.3) is 11.1 Å². The van der Waals surface area contributed by atoms with Gasteiger partial charge in [0.25, 0.3) is 0 Å². The van der Waals surface area contributed by atoms with Crippen molar-refractivity contribution in [1.82, 2.24) is 4.98 Å². The number of pyridine rings is 1. The maximum absolute atomic E-state index is 13.4. The zero-order valence-electron chi connectivity index (χ0n) is 20.3. The van der Waals surface area contributed by atoms with Crippen LogP contribution in [-0.4, -0.2) is 28.2 Å². The van der Waals surface area contributed by atoms with E-state index in [-0.39, 0.29) is 23.6 Å². The normalized spacial score (nSPS) is 17.8. The predicted molar refractivity (Wildman–Crippen MR) is 144 cm³/mol. The van der Waals surface area contributed by atoms with Crippen LogP contribution < -0.4 is 9.64 Å². The monoisotopic (exact) mass is 514 g/mol.